The number of aryl methyl sites for hydroxylation is 1. The summed E-state index contributed by atoms with van der Waals surface area (Å²) in [5, 5.41) is 3.35. The highest BCUT2D eigenvalue weighted by molar-refractivity contribution is 6.32. The zero-order chi connectivity index (χ0) is 13.1. The number of halogens is 1. The Kier molecular flexibility index (Phi) is 3.53. The lowest BCUT2D eigenvalue weighted by atomic mass is 10.2. The van der Waals surface area contributed by atoms with Crippen molar-refractivity contribution in [1.29, 1.82) is 0 Å². The molecule has 2 rings (SSSR count). The van der Waals surface area contributed by atoms with Gasteiger partial charge in [0.2, 0.25) is 0 Å². The van der Waals surface area contributed by atoms with Crippen molar-refractivity contribution in [2.45, 2.75) is 6.92 Å². The van der Waals surface area contributed by atoms with E-state index in [4.69, 9.17) is 22.1 Å². The van der Waals surface area contributed by atoms with Gasteiger partial charge in [-0.1, -0.05) is 11.6 Å². The van der Waals surface area contributed by atoms with Crippen LogP contribution in [0.2, 0.25) is 5.15 Å². The van der Waals surface area contributed by atoms with E-state index in [-0.39, 0.29) is 5.15 Å². The lowest BCUT2D eigenvalue weighted by Gasteiger charge is -2.11. The molecule has 0 unspecified atom stereocenters. The molecular weight excluding hydrogens is 252 g/mol. The van der Waals surface area contributed by atoms with E-state index < -0.39 is 0 Å². The Labute approximate surface area is 110 Å². The van der Waals surface area contributed by atoms with Crippen LogP contribution in [0.4, 0.5) is 17.2 Å². The molecule has 1 aromatic heterocycles. The summed E-state index contributed by atoms with van der Waals surface area (Å²) < 4.78 is 5.14. The number of nitrogens with two attached hydrogens (primary N) is 1. The number of hydrogen-bond acceptors (Lipinski definition) is 5. The van der Waals surface area contributed by atoms with Crippen LogP contribution in [0.15, 0.2) is 24.5 Å². The number of nitrogen functional groups attached to an aromatic ring is 1. The molecule has 0 bridgehead atoms. The van der Waals surface area contributed by atoms with E-state index in [0.29, 0.717) is 11.5 Å². The van der Waals surface area contributed by atoms with Gasteiger partial charge in [-0.05, 0) is 30.7 Å². The molecule has 18 heavy (non-hydrogen) atoms. The van der Waals surface area contributed by atoms with Gasteiger partial charge in [-0.25, -0.2) is 9.97 Å². The summed E-state index contributed by atoms with van der Waals surface area (Å²) in [6, 6.07) is 5.67. The second-order valence-electron chi connectivity index (χ2n) is 3.73. The SMILES string of the molecule is COc1ccc(Nc2ncnc(Cl)c2N)c(C)c1. The summed E-state index contributed by atoms with van der Waals surface area (Å²) in [5.41, 5.74) is 8.02. The lowest BCUT2D eigenvalue weighted by Crippen LogP contribution is -2.02. The number of benzene rings is 1. The zero-order valence-corrected chi connectivity index (χ0v) is 10.8. The third kappa shape index (κ3) is 2.46. The smallest absolute Gasteiger partial charge is 0.158 e. The van der Waals surface area contributed by atoms with Crippen LogP contribution in [0.5, 0.6) is 5.75 Å². The second kappa shape index (κ2) is 5.10. The van der Waals surface area contributed by atoms with E-state index in [1.54, 1.807) is 7.11 Å². The van der Waals surface area contributed by atoms with Crippen LogP contribution in [-0.2, 0) is 0 Å². The van der Waals surface area contributed by atoms with Crippen molar-refractivity contribution >= 4 is 28.8 Å². The van der Waals surface area contributed by atoms with Crippen molar-refractivity contribution < 1.29 is 4.74 Å². The van der Waals surface area contributed by atoms with Gasteiger partial charge in [0.25, 0.3) is 0 Å². The van der Waals surface area contributed by atoms with Crippen molar-refractivity contribution in [1.82, 2.24) is 9.97 Å². The van der Waals surface area contributed by atoms with Gasteiger partial charge in [0.05, 0.1) is 7.11 Å². The third-order valence-corrected chi connectivity index (χ3v) is 2.82. The van der Waals surface area contributed by atoms with Gasteiger partial charge in [0.15, 0.2) is 11.0 Å². The van der Waals surface area contributed by atoms with E-state index in [1.165, 1.54) is 6.33 Å². The fraction of sp³-hybridized carbons (Fsp3) is 0.167. The van der Waals surface area contributed by atoms with Crippen molar-refractivity contribution in [2.24, 2.45) is 0 Å². The lowest BCUT2D eigenvalue weighted by molar-refractivity contribution is 0.414. The Balaban J connectivity index is 2.31. The summed E-state index contributed by atoms with van der Waals surface area (Å²) >= 11 is 5.83. The maximum atomic E-state index is 5.83. The van der Waals surface area contributed by atoms with Crippen molar-refractivity contribution in [3.05, 3.63) is 35.2 Å². The maximum absolute atomic E-state index is 5.83. The van der Waals surface area contributed by atoms with E-state index >= 15 is 0 Å². The molecule has 1 heterocycles. The summed E-state index contributed by atoms with van der Waals surface area (Å²) in [4.78, 5) is 7.86. The second-order valence-corrected chi connectivity index (χ2v) is 4.09. The quantitative estimate of drug-likeness (QED) is 0.834. The number of hydrogen-bond donors (Lipinski definition) is 2. The van der Waals surface area contributed by atoms with E-state index in [9.17, 15) is 0 Å². The molecular formula is C12H13ClN4O. The van der Waals surface area contributed by atoms with E-state index in [0.717, 1.165) is 17.0 Å². The predicted molar refractivity (Wildman–Crippen MR) is 72.5 cm³/mol. The molecule has 0 aliphatic rings. The molecule has 94 valence electrons. The van der Waals surface area contributed by atoms with Crippen LogP contribution in [-0.4, -0.2) is 17.1 Å². The fourth-order valence-corrected chi connectivity index (χ4v) is 1.64. The number of nitrogens with zero attached hydrogens (tertiary/aromatic N) is 2. The molecule has 0 radical (unpaired) electrons. The first-order valence-electron chi connectivity index (χ1n) is 5.29. The topological polar surface area (TPSA) is 73.1 Å². The van der Waals surface area contributed by atoms with Crippen molar-refractivity contribution in [3.8, 4) is 5.75 Å². The summed E-state index contributed by atoms with van der Waals surface area (Å²) in [7, 11) is 1.63. The van der Waals surface area contributed by atoms with Crippen molar-refractivity contribution in [3.63, 3.8) is 0 Å². The van der Waals surface area contributed by atoms with Gasteiger partial charge >= 0.3 is 0 Å². The number of methoxy groups -OCH3 is 1. The Morgan fingerprint density at radius 3 is 2.78 bits per heavy atom. The summed E-state index contributed by atoms with van der Waals surface area (Å²) in [5.74, 6) is 1.29. The Morgan fingerprint density at radius 1 is 1.33 bits per heavy atom. The minimum absolute atomic E-state index is 0.235. The number of anilines is 3. The molecule has 0 aliphatic carbocycles. The standard InChI is InChI=1S/C12H13ClN4O/c1-7-5-8(18-2)3-4-9(7)17-12-10(14)11(13)15-6-16-12/h3-6H,14H2,1-2H3,(H,15,16,17). The van der Waals surface area contributed by atoms with Gasteiger partial charge in [0, 0.05) is 5.69 Å². The molecule has 2 aromatic rings. The van der Waals surface area contributed by atoms with Gasteiger partial charge in [0.1, 0.15) is 17.8 Å². The number of nitrogens with one attached hydrogen (secondary N) is 1. The highest BCUT2D eigenvalue weighted by atomic mass is 35.5. The molecule has 6 heteroatoms. The maximum Gasteiger partial charge on any atom is 0.158 e. The van der Waals surface area contributed by atoms with Crippen LogP contribution < -0.4 is 15.8 Å². The summed E-state index contributed by atoms with van der Waals surface area (Å²) in [6.45, 7) is 1.96. The molecule has 3 N–H and O–H groups in total. The highest BCUT2D eigenvalue weighted by Crippen LogP contribution is 2.28. The Morgan fingerprint density at radius 2 is 2.11 bits per heavy atom. The van der Waals surface area contributed by atoms with Crippen LogP contribution in [0, 0.1) is 6.92 Å². The minimum atomic E-state index is 0.235. The predicted octanol–water partition coefficient (Wildman–Crippen LogP) is 2.77. The fourth-order valence-electron chi connectivity index (χ4n) is 1.50. The molecule has 0 amide bonds. The van der Waals surface area contributed by atoms with Crippen molar-refractivity contribution in [2.75, 3.05) is 18.2 Å². The van der Waals surface area contributed by atoms with Crippen LogP contribution in [0.1, 0.15) is 5.56 Å². The molecule has 0 aliphatic heterocycles. The van der Waals surface area contributed by atoms with Crippen LogP contribution in [0.25, 0.3) is 0 Å². The molecule has 5 nitrogen and oxygen atoms in total. The Bertz CT molecular complexity index is 574. The number of ether oxygens (including phenoxy) is 1. The number of aromatic nitrogens is 2. The van der Waals surface area contributed by atoms with E-state index in [2.05, 4.69) is 15.3 Å². The van der Waals surface area contributed by atoms with E-state index in [1.807, 2.05) is 25.1 Å². The van der Waals surface area contributed by atoms with Gasteiger partial charge in [-0.2, -0.15) is 0 Å². The molecule has 0 atom stereocenters. The first-order valence-corrected chi connectivity index (χ1v) is 5.67. The highest BCUT2D eigenvalue weighted by Gasteiger charge is 2.07. The van der Waals surface area contributed by atoms with Crippen LogP contribution in [0.3, 0.4) is 0 Å². The monoisotopic (exact) mass is 264 g/mol. The first kappa shape index (κ1) is 12.4. The molecule has 0 saturated carbocycles. The van der Waals surface area contributed by atoms with Gasteiger partial charge in [-0.3, -0.25) is 0 Å². The third-order valence-electron chi connectivity index (χ3n) is 2.52. The van der Waals surface area contributed by atoms with Gasteiger partial charge < -0.3 is 15.8 Å². The molecule has 0 spiro atoms. The largest absolute Gasteiger partial charge is 0.497 e. The summed E-state index contributed by atoms with van der Waals surface area (Å²) in [6.07, 6.45) is 1.36. The number of rotatable bonds is 3. The Hall–Kier alpha value is -2.01. The average Bonchev–Trinajstić information content (AvgIpc) is 2.37. The average molecular weight is 265 g/mol. The molecule has 0 saturated heterocycles. The van der Waals surface area contributed by atoms with Crippen LogP contribution >= 0.6 is 11.6 Å². The molecule has 0 fully saturated rings. The normalized spacial score (nSPS) is 10.2. The first-order chi connectivity index (χ1) is 8.61. The minimum Gasteiger partial charge on any atom is -0.497 e. The van der Waals surface area contributed by atoms with Gasteiger partial charge in [-0.15, -0.1) is 0 Å². The molecule has 1 aromatic carbocycles. The zero-order valence-electron chi connectivity index (χ0n) is 10.1.